The van der Waals surface area contributed by atoms with Crippen LogP contribution in [-0.2, 0) is 14.4 Å². The number of hydrogen-bond acceptors (Lipinski definition) is 3. The highest BCUT2D eigenvalue weighted by Gasteiger charge is 2.87. The predicted molar refractivity (Wildman–Crippen MR) is 99.3 cm³/mol. The first-order valence-electron chi connectivity index (χ1n) is 7.91. The molecule has 0 spiro atoms. The number of hydrogen-bond donors (Lipinski definition) is 0. The Bertz CT molecular complexity index is 622. The Morgan fingerprint density at radius 1 is 0.920 bits per heavy atom. The van der Waals surface area contributed by atoms with Gasteiger partial charge in [-0.05, 0) is 6.42 Å². The van der Waals surface area contributed by atoms with Crippen molar-refractivity contribution in [3.8, 4) is 0 Å². The lowest BCUT2D eigenvalue weighted by Crippen LogP contribution is -2.50. The molecule has 2 amide bonds. The number of unbranched alkanes of at least 4 members (excludes halogenated alkanes) is 3. The number of carbonyl (C=O) groups is 2. The van der Waals surface area contributed by atoms with Crippen molar-refractivity contribution in [1.82, 2.24) is 5.06 Å². The fourth-order valence-electron chi connectivity index (χ4n) is 3.78. The number of alkyl halides is 4. The van der Waals surface area contributed by atoms with Crippen molar-refractivity contribution >= 4 is 81.4 Å². The van der Waals surface area contributed by atoms with Crippen LogP contribution in [0.2, 0.25) is 0 Å². The summed E-state index contributed by atoms with van der Waals surface area (Å²) in [4.78, 5) is 27.4. The van der Waals surface area contributed by atoms with Crippen LogP contribution in [0.1, 0.15) is 32.6 Å². The normalized spacial score (nSPS) is 38.9. The molecule has 0 radical (unpaired) electrons. The van der Waals surface area contributed by atoms with Crippen LogP contribution < -0.4 is 0 Å². The highest BCUT2D eigenvalue weighted by atomic mass is 35.5. The summed E-state index contributed by atoms with van der Waals surface area (Å²) in [6.07, 6.45) is 3.75. The van der Waals surface area contributed by atoms with Gasteiger partial charge in [0.25, 0.3) is 11.8 Å². The Labute approximate surface area is 175 Å². The van der Waals surface area contributed by atoms with E-state index in [4.69, 9.17) is 74.4 Å². The molecular formula is C15H15Cl6NO3. The van der Waals surface area contributed by atoms with Crippen LogP contribution in [0, 0.1) is 11.8 Å². The Hall–Kier alpha value is 0.580. The predicted octanol–water partition coefficient (Wildman–Crippen LogP) is 4.95. The molecule has 0 aromatic heterocycles. The Morgan fingerprint density at radius 3 is 1.84 bits per heavy atom. The molecule has 2 aliphatic carbocycles. The van der Waals surface area contributed by atoms with E-state index in [-0.39, 0.29) is 16.7 Å². The fourth-order valence-corrected chi connectivity index (χ4v) is 6.71. The van der Waals surface area contributed by atoms with Crippen molar-refractivity contribution in [3.63, 3.8) is 0 Å². The number of fused-ring (bicyclic) bond motifs is 5. The van der Waals surface area contributed by atoms with E-state index in [1.54, 1.807) is 0 Å². The minimum absolute atomic E-state index is 0.108. The largest absolute Gasteiger partial charge is 0.272 e. The second-order valence-electron chi connectivity index (χ2n) is 6.45. The molecule has 4 atom stereocenters. The van der Waals surface area contributed by atoms with Crippen molar-refractivity contribution in [2.45, 2.75) is 46.7 Å². The summed E-state index contributed by atoms with van der Waals surface area (Å²) in [7, 11) is 0. The Balaban J connectivity index is 1.88. The number of nitrogens with zero attached hydrogens (tertiary/aromatic N) is 1. The van der Waals surface area contributed by atoms with Gasteiger partial charge in [0.15, 0.2) is 4.33 Å². The number of allylic oxidation sites excluding steroid dienone is 2. The molecule has 1 saturated carbocycles. The SMILES string of the molecule is CCCCCCON1C(=O)C2C(C1=O)C1(Cl)C(Cl)=C(Cl)C2(Cl)C1(Cl)Cl. The van der Waals surface area contributed by atoms with Gasteiger partial charge in [-0.1, -0.05) is 72.6 Å². The van der Waals surface area contributed by atoms with Gasteiger partial charge in [0.2, 0.25) is 0 Å². The summed E-state index contributed by atoms with van der Waals surface area (Å²) in [5.41, 5.74) is 0. The number of hydroxylamine groups is 2. The van der Waals surface area contributed by atoms with Gasteiger partial charge in [0, 0.05) is 0 Å². The third-order valence-corrected chi connectivity index (χ3v) is 9.35. The molecule has 0 aromatic carbocycles. The maximum absolute atomic E-state index is 12.8. The lowest BCUT2D eigenvalue weighted by molar-refractivity contribution is -0.190. The van der Waals surface area contributed by atoms with E-state index in [0.717, 1.165) is 19.3 Å². The van der Waals surface area contributed by atoms with Crippen molar-refractivity contribution in [1.29, 1.82) is 0 Å². The van der Waals surface area contributed by atoms with Crippen LogP contribution in [0.5, 0.6) is 0 Å². The van der Waals surface area contributed by atoms with E-state index in [0.29, 0.717) is 11.5 Å². The van der Waals surface area contributed by atoms with Crippen LogP contribution in [0.15, 0.2) is 10.1 Å². The van der Waals surface area contributed by atoms with Gasteiger partial charge in [-0.2, -0.15) is 5.06 Å². The molecule has 1 aliphatic heterocycles. The first kappa shape index (κ1) is 20.3. The van der Waals surface area contributed by atoms with Gasteiger partial charge in [-0.25, -0.2) is 0 Å². The first-order chi connectivity index (χ1) is 11.6. The zero-order valence-electron chi connectivity index (χ0n) is 13.1. The molecule has 10 heteroatoms. The molecule has 2 fully saturated rings. The van der Waals surface area contributed by atoms with Crippen molar-refractivity contribution < 1.29 is 14.4 Å². The third kappa shape index (κ3) is 2.31. The zero-order chi connectivity index (χ0) is 18.8. The number of carbonyl (C=O) groups excluding carboxylic acids is 2. The Kier molecular flexibility index (Phi) is 5.35. The first-order valence-corrected chi connectivity index (χ1v) is 10.2. The average Bonchev–Trinajstić information content (AvgIpc) is 2.93. The molecule has 4 nitrogen and oxygen atoms in total. The summed E-state index contributed by atoms with van der Waals surface area (Å²) in [6.45, 7) is 2.31. The number of imide groups is 1. The van der Waals surface area contributed by atoms with Gasteiger partial charge in [-0.15, -0.1) is 23.2 Å². The number of rotatable bonds is 6. The van der Waals surface area contributed by atoms with Crippen LogP contribution in [0.4, 0.5) is 0 Å². The second-order valence-corrected chi connectivity index (χ2v) is 9.72. The third-order valence-electron chi connectivity index (χ3n) is 5.09. The smallest absolute Gasteiger partial charge is 0.259 e. The van der Waals surface area contributed by atoms with Crippen molar-refractivity contribution in [2.75, 3.05) is 6.61 Å². The summed E-state index contributed by atoms with van der Waals surface area (Å²) in [5, 5.41) is 0.490. The van der Waals surface area contributed by atoms with E-state index in [1.807, 2.05) is 0 Å². The molecule has 0 N–H and O–H groups in total. The number of halogens is 6. The second kappa shape index (κ2) is 6.58. The van der Waals surface area contributed by atoms with Gasteiger partial charge in [0.05, 0.1) is 28.5 Å². The molecule has 3 aliphatic rings. The van der Waals surface area contributed by atoms with Gasteiger partial charge in [-0.3, -0.25) is 14.4 Å². The van der Waals surface area contributed by atoms with Crippen LogP contribution in [0.25, 0.3) is 0 Å². The van der Waals surface area contributed by atoms with Gasteiger partial charge in [0.1, 0.15) is 9.75 Å². The quantitative estimate of drug-likeness (QED) is 0.314. The van der Waals surface area contributed by atoms with Crippen LogP contribution in [-0.4, -0.2) is 37.6 Å². The summed E-state index contributed by atoms with van der Waals surface area (Å²) in [5.74, 6) is -3.59. The minimum atomic E-state index is -1.91. The highest BCUT2D eigenvalue weighted by molar-refractivity contribution is 6.66. The topological polar surface area (TPSA) is 46.6 Å². The monoisotopic (exact) mass is 467 g/mol. The summed E-state index contributed by atoms with van der Waals surface area (Å²) < 4.78 is -1.91. The molecule has 2 bridgehead atoms. The maximum atomic E-state index is 12.8. The summed E-state index contributed by atoms with van der Waals surface area (Å²) in [6, 6.07) is 0. The zero-order valence-corrected chi connectivity index (χ0v) is 17.7. The molecule has 25 heavy (non-hydrogen) atoms. The van der Waals surface area contributed by atoms with Crippen molar-refractivity contribution in [2.24, 2.45) is 11.8 Å². The molecule has 140 valence electrons. The minimum Gasteiger partial charge on any atom is -0.272 e. The van der Waals surface area contributed by atoms with Crippen molar-refractivity contribution in [3.05, 3.63) is 10.1 Å². The highest BCUT2D eigenvalue weighted by Crippen LogP contribution is 2.77. The van der Waals surface area contributed by atoms with E-state index in [1.165, 1.54) is 0 Å². The lowest BCUT2D eigenvalue weighted by Gasteiger charge is -2.34. The molecule has 1 heterocycles. The number of amides is 2. The van der Waals surface area contributed by atoms with Crippen LogP contribution >= 0.6 is 69.6 Å². The van der Waals surface area contributed by atoms with Gasteiger partial charge >= 0.3 is 0 Å². The lowest BCUT2D eigenvalue weighted by atomic mass is 9.84. The average molecular weight is 470 g/mol. The fraction of sp³-hybridized carbons (Fsp3) is 0.733. The van der Waals surface area contributed by atoms with Crippen LogP contribution in [0.3, 0.4) is 0 Å². The molecule has 1 saturated heterocycles. The van der Waals surface area contributed by atoms with E-state index < -0.39 is 37.7 Å². The van der Waals surface area contributed by atoms with E-state index in [2.05, 4.69) is 6.92 Å². The van der Waals surface area contributed by atoms with Gasteiger partial charge < -0.3 is 0 Å². The Morgan fingerprint density at radius 2 is 1.40 bits per heavy atom. The van der Waals surface area contributed by atoms with E-state index in [9.17, 15) is 9.59 Å². The maximum Gasteiger partial charge on any atom is 0.259 e. The summed E-state index contributed by atoms with van der Waals surface area (Å²) >= 11 is 38.3. The molecular weight excluding hydrogens is 455 g/mol. The standard InChI is InChI=1S/C15H15Cl6NO3/c1-2-3-4-5-6-25-22-11(23)7-8(12(22)24)14(19)10(17)9(16)13(7,18)15(14,20)21/h7-8H,2-6H2,1H3. The van der Waals surface area contributed by atoms with E-state index >= 15 is 0 Å². The molecule has 4 unspecified atom stereocenters. The molecule has 0 aromatic rings. The molecule has 3 rings (SSSR count).